The first-order valence-corrected chi connectivity index (χ1v) is 6.86. The van der Waals surface area contributed by atoms with Crippen molar-refractivity contribution in [3.05, 3.63) is 57.8 Å². The smallest absolute Gasteiger partial charge is 0.335 e. The minimum Gasteiger partial charge on any atom is -0.618 e. The Morgan fingerprint density at radius 3 is 2.59 bits per heavy atom. The van der Waals surface area contributed by atoms with Crippen molar-refractivity contribution in [1.82, 2.24) is 0 Å². The molecule has 0 saturated carbocycles. The van der Waals surface area contributed by atoms with Crippen LogP contribution in [0.3, 0.4) is 0 Å². The zero-order valence-corrected chi connectivity index (χ0v) is 12.5. The van der Waals surface area contributed by atoms with Gasteiger partial charge in [0.1, 0.15) is 5.75 Å². The lowest BCUT2D eigenvalue weighted by molar-refractivity contribution is -0.360. The number of aryl methyl sites for hydroxylation is 2. The first-order valence-electron chi connectivity index (χ1n) is 6.86. The molecule has 2 aromatic rings. The fourth-order valence-electron chi connectivity index (χ4n) is 2.65. The SMILES string of the molecule is CC1=[N+]([O-])c2cc(C(=O)O)ccc2Oc2c(C)cc(C)cc21. The van der Waals surface area contributed by atoms with E-state index in [1.807, 2.05) is 26.0 Å². The quantitative estimate of drug-likeness (QED) is 0.642. The van der Waals surface area contributed by atoms with E-state index < -0.39 is 5.97 Å². The molecule has 0 bridgehead atoms. The number of hydrogen-bond donors (Lipinski definition) is 1. The van der Waals surface area contributed by atoms with Gasteiger partial charge in [-0.1, -0.05) is 6.07 Å². The molecule has 5 heteroatoms. The molecule has 0 fully saturated rings. The maximum Gasteiger partial charge on any atom is 0.335 e. The second-order valence-corrected chi connectivity index (χ2v) is 5.43. The first kappa shape index (κ1) is 14.1. The number of benzene rings is 2. The minimum absolute atomic E-state index is 0.0508. The molecule has 0 atom stereocenters. The van der Waals surface area contributed by atoms with Crippen molar-refractivity contribution in [3.8, 4) is 11.5 Å². The van der Waals surface area contributed by atoms with E-state index in [0.29, 0.717) is 17.2 Å². The fourth-order valence-corrected chi connectivity index (χ4v) is 2.65. The maximum atomic E-state index is 12.6. The number of carbonyl (C=O) groups is 1. The highest BCUT2D eigenvalue weighted by atomic mass is 16.5. The Labute approximate surface area is 127 Å². The largest absolute Gasteiger partial charge is 0.618 e. The maximum absolute atomic E-state index is 12.6. The molecule has 0 unspecified atom stereocenters. The molecule has 1 heterocycles. The van der Waals surface area contributed by atoms with Gasteiger partial charge in [0.2, 0.25) is 5.71 Å². The molecule has 0 amide bonds. The third-order valence-electron chi connectivity index (χ3n) is 3.75. The Balaban J connectivity index is 2.31. The number of carboxylic acids is 1. The topological polar surface area (TPSA) is 72.6 Å². The van der Waals surface area contributed by atoms with E-state index in [4.69, 9.17) is 9.84 Å². The van der Waals surface area contributed by atoms with Gasteiger partial charge >= 0.3 is 5.97 Å². The monoisotopic (exact) mass is 297 g/mol. The van der Waals surface area contributed by atoms with Gasteiger partial charge in [0.15, 0.2) is 5.75 Å². The number of rotatable bonds is 1. The molecule has 112 valence electrons. The van der Waals surface area contributed by atoms with Crippen LogP contribution in [0.15, 0.2) is 30.3 Å². The van der Waals surface area contributed by atoms with Crippen LogP contribution < -0.4 is 4.74 Å². The summed E-state index contributed by atoms with van der Waals surface area (Å²) in [6.45, 7) is 5.58. The van der Waals surface area contributed by atoms with Crippen LogP contribution in [-0.4, -0.2) is 21.5 Å². The molecule has 0 spiro atoms. The highest BCUT2D eigenvalue weighted by Crippen LogP contribution is 2.39. The van der Waals surface area contributed by atoms with Gasteiger partial charge in [-0.3, -0.25) is 0 Å². The van der Waals surface area contributed by atoms with Crippen LogP contribution in [-0.2, 0) is 0 Å². The zero-order valence-electron chi connectivity index (χ0n) is 12.5. The molecule has 0 aliphatic carbocycles. The third-order valence-corrected chi connectivity index (χ3v) is 3.75. The molecule has 22 heavy (non-hydrogen) atoms. The number of fused-ring (bicyclic) bond motifs is 2. The van der Waals surface area contributed by atoms with Crippen molar-refractivity contribution in [2.45, 2.75) is 20.8 Å². The van der Waals surface area contributed by atoms with Gasteiger partial charge in [0.25, 0.3) is 5.69 Å². The van der Waals surface area contributed by atoms with Crippen molar-refractivity contribution in [3.63, 3.8) is 0 Å². The van der Waals surface area contributed by atoms with Crippen LogP contribution in [0.5, 0.6) is 11.5 Å². The van der Waals surface area contributed by atoms with Crippen molar-refractivity contribution in [1.29, 1.82) is 0 Å². The van der Waals surface area contributed by atoms with E-state index in [0.717, 1.165) is 21.4 Å². The Hall–Kier alpha value is -2.82. The van der Waals surface area contributed by atoms with E-state index in [9.17, 15) is 10.0 Å². The van der Waals surface area contributed by atoms with Crippen LogP contribution in [0.4, 0.5) is 5.69 Å². The molecular weight excluding hydrogens is 282 g/mol. The molecule has 0 saturated heterocycles. The number of nitrogens with zero attached hydrogens (tertiary/aromatic N) is 1. The van der Waals surface area contributed by atoms with Gasteiger partial charge in [-0.2, -0.15) is 4.74 Å². The third kappa shape index (κ3) is 2.11. The molecule has 1 aliphatic rings. The summed E-state index contributed by atoms with van der Waals surface area (Å²) >= 11 is 0. The number of carboxylic acid groups (broad SMARTS) is 1. The summed E-state index contributed by atoms with van der Waals surface area (Å²) in [4.78, 5) is 11.1. The van der Waals surface area contributed by atoms with Crippen LogP contribution in [0.2, 0.25) is 0 Å². The van der Waals surface area contributed by atoms with E-state index in [2.05, 4.69) is 0 Å². The molecule has 2 aromatic carbocycles. The van der Waals surface area contributed by atoms with Gasteiger partial charge in [0, 0.05) is 13.0 Å². The predicted molar refractivity (Wildman–Crippen MR) is 82.5 cm³/mol. The van der Waals surface area contributed by atoms with Gasteiger partial charge in [-0.05, 0) is 43.2 Å². The Morgan fingerprint density at radius 1 is 1.18 bits per heavy atom. The Kier molecular flexibility index (Phi) is 3.13. The molecule has 1 aliphatic heterocycles. The van der Waals surface area contributed by atoms with Crippen molar-refractivity contribution in [2.24, 2.45) is 0 Å². The summed E-state index contributed by atoms with van der Waals surface area (Å²) in [5.41, 5.74) is 3.41. The molecule has 5 nitrogen and oxygen atoms in total. The Bertz CT molecular complexity index is 837. The van der Waals surface area contributed by atoms with E-state index in [-0.39, 0.29) is 11.3 Å². The lowest BCUT2D eigenvalue weighted by Gasteiger charge is -2.10. The molecule has 0 aromatic heterocycles. The molecule has 1 N–H and O–H groups in total. The highest BCUT2D eigenvalue weighted by molar-refractivity contribution is 6.00. The van der Waals surface area contributed by atoms with E-state index in [1.54, 1.807) is 6.92 Å². The summed E-state index contributed by atoms with van der Waals surface area (Å²) in [6.07, 6.45) is 0. The van der Waals surface area contributed by atoms with Crippen LogP contribution >= 0.6 is 0 Å². The zero-order chi connectivity index (χ0) is 16.0. The van der Waals surface area contributed by atoms with Crippen molar-refractivity contribution >= 4 is 17.4 Å². The lowest BCUT2D eigenvalue weighted by Crippen LogP contribution is -2.09. The fraction of sp³-hybridized carbons (Fsp3) is 0.176. The molecular formula is C17H15NO4. The summed E-state index contributed by atoms with van der Waals surface area (Å²) < 4.78 is 6.64. The predicted octanol–water partition coefficient (Wildman–Crippen LogP) is 3.76. The van der Waals surface area contributed by atoms with E-state index >= 15 is 0 Å². The lowest BCUT2D eigenvalue weighted by atomic mass is 10.0. The summed E-state index contributed by atoms with van der Waals surface area (Å²) in [7, 11) is 0. The van der Waals surface area contributed by atoms with Crippen molar-refractivity contribution < 1.29 is 19.4 Å². The van der Waals surface area contributed by atoms with E-state index in [1.165, 1.54) is 18.2 Å². The van der Waals surface area contributed by atoms with Crippen LogP contribution in [0.1, 0.15) is 34.0 Å². The average molecular weight is 297 g/mol. The number of hydrogen-bond acceptors (Lipinski definition) is 3. The van der Waals surface area contributed by atoms with Gasteiger partial charge < -0.3 is 15.1 Å². The molecule has 3 rings (SSSR count). The first-order chi connectivity index (χ1) is 10.4. The van der Waals surface area contributed by atoms with Crippen LogP contribution in [0, 0.1) is 19.1 Å². The summed E-state index contributed by atoms with van der Waals surface area (Å²) in [5, 5.41) is 21.7. The highest BCUT2D eigenvalue weighted by Gasteiger charge is 2.26. The summed E-state index contributed by atoms with van der Waals surface area (Å²) in [6, 6.07) is 8.16. The Morgan fingerprint density at radius 2 is 1.91 bits per heavy atom. The standard InChI is InChI=1S/C17H15NO4/c1-9-6-10(2)16-13(7-9)11(3)18(21)14-8-12(17(19)20)4-5-15(14)22-16/h4-8H,1-3H3,(H,19,20). The van der Waals surface area contributed by atoms with Crippen LogP contribution in [0.25, 0.3) is 0 Å². The second-order valence-electron chi connectivity index (χ2n) is 5.43. The van der Waals surface area contributed by atoms with Gasteiger partial charge in [0.05, 0.1) is 11.1 Å². The number of aromatic carboxylic acids is 1. The second kappa shape index (κ2) is 4.87. The minimum atomic E-state index is -1.08. The normalized spacial score (nSPS) is 13.0. The van der Waals surface area contributed by atoms with Gasteiger partial charge in [-0.15, -0.1) is 0 Å². The van der Waals surface area contributed by atoms with Gasteiger partial charge in [-0.25, -0.2) is 4.79 Å². The average Bonchev–Trinajstić information content (AvgIpc) is 2.57. The number of ether oxygens (including phenoxy) is 1. The molecule has 0 radical (unpaired) electrons. The summed E-state index contributed by atoms with van der Waals surface area (Å²) in [5.74, 6) is -0.0986. The van der Waals surface area contributed by atoms with Crippen molar-refractivity contribution in [2.75, 3.05) is 0 Å².